The molecule has 0 aliphatic heterocycles. The van der Waals surface area contributed by atoms with Crippen LogP contribution in [0.4, 0.5) is 4.39 Å². The zero-order valence-electron chi connectivity index (χ0n) is 14.5. The van der Waals surface area contributed by atoms with E-state index < -0.39 is 5.97 Å². The van der Waals surface area contributed by atoms with Gasteiger partial charge in [-0.2, -0.15) is 0 Å². The number of ether oxygens (including phenoxy) is 1. The quantitative estimate of drug-likeness (QED) is 0.806. The fourth-order valence-corrected chi connectivity index (χ4v) is 3.87. The van der Waals surface area contributed by atoms with Crippen molar-refractivity contribution >= 4 is 23.2 Å². The Hall–Kier alpha value is -2.28. The van der Waals surface area contributed by atoms with Crippen LogP contribution in [0.2, 0.25) is 0 Å². The van der Waals surface area contributed by atoms with Crippen LogP contribution in [0, 0.1) is 11.7 Å². The van der Waals surface area contributed by atoms with E-state index in [0.717, 1.165) is 24.8 Å². The molecule has 1 aliphatic rings. The minimum Gasteiger partial charge on any atom is -0.451 e. The van der Waals surface area contributed by atoms with E-state index in [9.17, 15) is 14.0 Å². The van der Waals surface area contributed by atoms with Crippen LogP contribution in [0.5, 0.6) is 0 Å². The number of halogens is 1. The van der Waals surface area contributed by atoms with Crippen LogP contribution in [0.3, 0.4) is 0 Å². The van der Waals surface area contributed by atoms with Gasteiger partial charge in [-0.3, -0.25) is 4.79 Å². The van der Waals surface area contributed by atoms with Crippen molar-refractivity contribution in [1.82, 2.24) is 10.3 Å². The molecule has 1 aromatic carbocycles. The van der Waals surface area contributed by atoms with Crippen molar-refractivity contribution in [2.24, 2.45) is 5.92 Å². The SMILES string of the molecule is C[C@H]1CCCC[C@H]1NC(=O)COC(=O)c1csc(-c2ccc(F)cc2)n1. The number of thiazole rings is 1. The number of amides is 1. The van der Waals surface area contributed by atoms with Crippen LogP contribution in [-0.2, 0) is 9.53 Å². The molecule has 1 amide bonds. The first-order valence-electron chi connectivity index (χ1n) is 8.71. The Balaban J connectivity index is 1.52. The Morgan fingerprint density at radius 1 is 1.27 bits per heavy atom. The number of carbonyl (C=O) groups excluding carboxylic acids is 2. The van der Waals surface area contributed by atoms with Gasteiger partial charge in [-0.25, -0.2) is 14.2 Å². The second-order valence-corrected chi connectivity index (χ2v) is 7.41. The highest BCUT2D eigenvalue weighted by Gasteiger charge is 2.23. The minimum absolute atomic E-state index is 0.146. The Morgan fingerprint density at radius 3 is 2.73 bits per heavy atom. The maximum atomic E-state index is 13.0. The van der Waals surface area contributed by atoms with Crippen molar-refractivity contribution in [3.8, 4) is 10.6 Å². The summed E-state index contributed by atoms with van der Waals surface area (Å²) in [6.45, 7) is 1.81. The number of hydrogen-bond donors (Lipinski definition) is 1. The highest BCUT2D eigenvalue weighted by Crippen LogP contribution is 2.25. The summed E-state index contributed by atoms with van der Waals surface area (Å²) in [6.07, 6.45) is 4.38. The average Bonchev–Trinajstić information content (AvgIpc) is 3.12. The van der Waals surface area contributed by atoms with Gasteiger partial charge >= 0.3 is 5.97 Å². The molecule has 138 valence electrons. The lowest BCUT2D eigenvalue weighted by atomic mass is 9.86. The Labute approximate surface area is 155 Å². The maximum absolute atomic E-state index is 13.0. The minimum atomic E-state index is -0.638. The topological polar surface area (TPSA) is 68.3 Å². The molecule has 1 N–H and O–H groups in total. The summed E-state index contributed by atoms with van der Waals surface area (Å²) in [7, 11) is 0. The lowest BCUT2D eigenvalue weighted by Gasteiger charge is -2.29. The molecular formula is C19H21FN2O3S. The molecule has 3 rings (SSSR count). The number of carbonyl (C=O) groups is 2. The monoisotopic (exact) mass is 376 g/mol. The molecule has 1 heterocycles. The van der Waals surface area contributed by atoms with E-state index in [-0.39, 0.29) is 30.1 Å². The van der Waals surface area contributed by atoms with Crippen molar-refractivity contribution < 1.29 is 18.7 Å². The molecule has 1 aromatic heterocycles. The van der Waals surface area contributed by atoms with Gasteiger partial charge in [0.25, 0.3) is 5.91 Å². The zero-order valence-corrected chi connectivity index (χ0v) is 15.4. The number of aromatic nitrogens is 1. The summed E-state index contributed by atoms with van der Waals surface area (Å²) >= 11 is 1.26. The van der Waals surface area contributed by atoms with E-state index in [2.05, 4.69) is 17.2 Å². The molecule has 0 bridgehead atoms. The molecule has 2 atom stereocenters. The smallest absolute Gasteiger partial charge is 0.358 e. The normalized spacial score (nSPS) is 19.8. The predicted octanol–water partition coefficient (Wildman–Crippen LogP) is 3.80. The summed E-state index contributed by atoms with van der Waals surface area (Å²) in [5, 5.41) is 5.11. The second-order valence-electron chi connectivity index (χ2n) is 6.56. The Morgan fingerprint density at radius 2 is 2.00 bits per heavy atom. The summed E-state index contributed by atoms with van der Waals surface area (Å²) < 4.78 is 18.0. The summed E-state index contributed by atoms with van der Waals surface area (Å²) in [6, 6.07) is 6.03. The first-order valence-corrected chi connectivity index (χ1v) is 9.59. The van der Waals surface area contributed by atoms with E-state index >= 15 is 0 Å². The van der Waals surface area contributed by atoms with E-state index in [4.69, 9.17) is 4.74 Å². The van der Waals surface area contributed by atoms with E-state index in [1.165, 1.54) is 29.9 Å². The average molecular weight is 376 g/mol. The van der Waals surface area contributed by atoms with Crippen LogP contribution < -0.4 is 5.32 Å². The van der Waals surface area contributed by atoms with Crippen molar-refractivity contribution in [3.05, 3.63) is 41.2 Å². The molecule has 5 nitrogen and oxygen atoms in total. The molecule has 0 spiro atoms. The molecule has 26 heavy (non-hydrogen) atoms. The number of nitrogens with one attached hydrogen (secondary N) is 1. The van der Waals surface area contributed by atoms with Gasteiger partial charge in [0, 0.05) is 17.0 Å². The third-order valence-electron chi connectivity index (χ3n) is 4.60. The summed E-state index contributed by atoms with van der Waals surface area (Å²) in [5.41, 5.74) is 0.868. The number of rotatable bonds is 5. The van der Waals surface area contributed by atoms with Gasteiger partial charge in [-0.05, 0) is 43.0 Å². The predicted molar refractivity (Wildman–Crippen MR) is 97.4 cm³/mol. The van der Waals surface area contributed by atoms with E-state index in [0.29, 0.717) is 10.9 Å². The second kappa shape index (κ2) is 8.40. The Bertz CT molecular complexity index is 775. The lowest BCUT2D eigenvalue weighted by molar-refractivity contribution is -0.125. The maximum Gasteiger partial charge on any atom is 0.358 e. The molecule has 2 aromatic rings. The summed E-state index contributed by atoms with van der Waals surface area (Å²) in [4.78, 5) is 28.3. The summed E-state index contributed by atoms with van der Waals surface area (Å²) in [5.74, 6) is -0.809. The van der Waals surface area contributed by atoms with Crippen molar-refractivity contribution in [2.75, 3.05) is 6.61 Å². The fourth-order valence-electron chi connectivity index (χ4n) is 3.08. The first kappa shape index (κ1) is 18.5. The largest absolute Gasteiger partial charge is 0.451 e. The van der Waals surface area contributed by atoms with E-state index in [1.54, 1.807) is 17.5 Å². The van der Waals surface area contributed by atoms with E-state index in [1.807, 2.05) is 0 Å². The molecule has 1 aliphatic carbocycles. The van der Waals surface area contributed by atoms with Gasteiger partial charge < -0.3 is 10.1 Å². The molecule has 0 radical (unpaired) electrons. The molecule has 1 fully saturated rings. The number of esters is 1. The third kappa shape index (κ3) is 4.66. The lowest BCUT2D eigenvalue weighted by Crippen LogP contribution is -2.42. The van der Waals surface area contributed by atoms with Crippen LogP contribution >= 0.6 is 11.3 Å². The van der Waals surface area contributed by atoms with Gasteiger partial charge in [0.1, 0.15) is 10.8 Å². The molecule has 1 saturated carbocycles. The number of hydrogen-bond acceptors (Lipinski definition) is 5. The molecule has 0 saturated heterocycles. The standard InChI is InChI=1S/C19H21FN2O3S/c1-12-4-2-3-5-15(12)21-17(23)10-25-19(24)16-11-26-18(22-16)13-6-8-14(20)9-7-13/h6-9,11-12,15H,2-5,10H2,1H3,(H,21,23)/t12-,15+/m0/s1. The molecule has 0 unspecified atom stereocenters. The number of benzene rings is 1. The molecule has 7 heteroatoms. The van der Waals surface area contributed by atoms with Crippen LogP contribution in [0.25, 0.3) is 10.6 Å². The van der Waals surface area contributed by atoms with Crippen molar-refractivity contribution in [2.45, 2.75) is 38.6 Å². The first-order chi connectivity index (χ1) is 12.5. The van der Waals surface area contributed by atoms with Gasteiger partial charge in [-0.1, -0.05) is 19.8 Å². The highest BCUT2D eigenvalue weighted by molar-refractivity contribution is 7.13. The van der Waals surface area contributed by atoms with Crippen LogP contribution in [0.15, 0.2) is 29.6 Å². The fraction of sp³-hybridized carbons (Fsp3) is 0.421. The van der Waals surface area contributed by atoms with Gasteiger partial charge in [-0.15, -0.1) is 11.3 Å². The Kier molecular flexibility index (Phi) is 5.98. The number of nitrogens with zero attached hydrogens (tertiary/aromatic N) is 1. The van der Waals surface area contributed by atoms with Crippen LogP contribution in [-0.4, -0.2) is 29.5 Å². The van der Waals surface area contributed by atoms with Gasteiger partial charge in [0.05, 0.1) is 0 Å². The van der Waals surface area contributed by atoms with Gasteiger partial charge in [0.15, 0.2) is 12.3 Å². The van der Waals surface area contributed by atoms with Crippen LogP contribution in [0.1, 0.15) is 43.1 Å². The van der Waals surface area contributed by atoms with Gasteiger partial charge in [0.2, 0.25) is 0 Å². The third-order valence-corrected chi connectivity index (χ3v) is 5.49. The highest BCUT2D eigenvalue weighted by atomic mass is 32.1. The van der Waals surface area contributed by atoms with Crippen molar-refractivity contribution in [3.63, 3.8) is 0 Å². The zero-order chi connectivity index (χ0) is 18.5. The van der Waals surface area contributed by atoms with Crippen molar-refractivity contribution in [1.29, 1.82) is 0 Å². The molecular weight excluding hydrogens is 355 g/mol.